The zero-order chi connectivity index (χ0) is 24.5. The first-order valence-electron chi connectivity index (χ1n) is 10.1. The standard InChI is InChI=1S/C26H21ClN2O5/c1-32-23-12-11-17(14-24(23)34-16-18-7-3-5-9-21(18)27)13-19(15-28)25(30)29-22-10-6-4-8-20(22)26(31)33-2/h3-14H,16H2,1-2H3,(H,29,30). The molecule has 34 heavy (non-hydrogen) atoms. The molecule has 8 heteroatoms. The van der Waals surface area contributed by atoms with Crippen LogP contribution in [0.4, 0.5) is 5.69 Å². The summed E-state index contributed by atoms with van der Waals surface area (Å²) in [7, 11) is 2.76. The van der Waals surface area contributed by atoms with Crippen LogP contribution in [0.1, 0.15) is 21.5 Å². The fourth-order valence-electron chi connectivity index (χ4n) is 3.05. The van der Waals surface area contributed by atoms with Gasteiger partial charge in [0, 0.05) is 10.6 Å². The lowest BCUT2D eigenvalue weighted by Gasteiger charge is -2.12. The largest absolute Gasteiger partial charge is 0.493 e. The number of benzene rings is 3. The smallest absolute Gasteiger partial charge is 0.339 e. The minimum Gasteiger partial charge on any atom is -0.493 e. The molecule has 172 valence electrons. The van der Waals surface area contributed by atoms with Gasteiger partial charge < -0.3 is 19.5 Å². The van der Waals surface area contributed by atoms with Gasteiger partial charge in [0.05, 0.1) is 25.5 Å². The normalized spacial score (nSPS) is 10.7. The second-order valence-corrected chi connectivity index (χ2v) is 7.36. The van der Waals surface area contributed by atoms with Crippen LogP contribution in [0, 0.1) is 11.3 Å². The Balaban J connectivity index is 1.84. The Morgan fingerprint density at radius 3 is 2.47 bits per heavy atom. The van der Waals surface area contributed by atoms with E-state index in [0.717, 1.165) is 5.56 Å². The zero-order valence-electron chi connectivity index (χ0n) is 18.5. The number of nitriles is 1. The lowest BCUT2D eigenvalue weighted by molar-refractivity contribution is -0.112. The van der Waals surface area contributed by atoms with Gasteiger partial charge in [0.25, 0.3) is 5.91 Å². The first-order valence-corrected chi connectivity index (χ1v) is 10.5. The van der Waals surface area contributed by atoms with E-state index in [2.05, 4.69) is 5.32 Å². The second-order valence-electron chi connectivity index (χ2n) is 6.95. The third-order valence-corrected chi connectivity index (χ3v) is 5.15. The van der Waals surface area contributed by atoms with E-state index in [1.54, 1.807) is 42.5 Å². The SMILES string of the molecule is COC(=O)c1ccccc1NC(=O)C(C#N)=Cc1ccc(OC)c(OCc2ccccc2Cl)c1. The molecule has 0 unspecified atom stereocenters. The summed E-state index contributed by atoms with van der Waals surface area (Å²) in [5.41, 5.74) is 1.59. The molecule has 0 spiro atoms. The monoisotopic (exact) mass is 476 g/mol. The van der Waals surface area contributed by atoms with E-state index >= 15 is 0 Å². The highest BCUT2D eigenvalue weighted by molar-refractivity contribution is 6.31. The molecule has 3 aromatic rings. The molecule has 7 nitrogen and oxygen atoms in total. The number of amides is 1. The molecular weight excluding hydrogens is 456 g/mol. The fourth-order valence-corrected chi connectivity index (χ4v) is 3.24. The Morgan fingerprint density at radius 1 is 1.03 bits per heavy atom. The number of carbonyl (C=O) groups is 2. The number of hydrogen-bond acceptors (Lipinski definition) is 6. The van der Waals surface area contributed by atoms with Gasteiger partial charge in [0.2, 0.25) is 0 Å². The van der Waals surface area contributed by atoms with E-state index in [4.69, 9.17) is 25.8 Å². The van der Waals surface area contributed by atoms with Crippen LogP contribution >= 0.6 is 11.6 Å². The molecule has 0 saturated carbocycles. The van der Waals surface area contributed by atoms with Crippen LogP contribution in [0.2, 0.25) is 5.02 Å². The van der Waals surface area contributed by atoms with Gasteiger partial charge >= 0.3 is 5.97 Å². The Morgan fingerprint density at radius 2 is 1.76 bits per heavy atom. The van der Waals surface area contributed by atoms with Crippen LogP contribution in [0.5, 0.6) is 11.5 Å². The van der Waals surface area contributed by atoms with Crippen molar-refractivity contribution in [2.24, 2.45) is 0 Å². The minimum absolute atomic E-state index is 0.165. The van der Waals surface area contributed by atoms with Crippen molar-refractivity contribution in [3.63, 3.8) is 0 Å². The van der Waals surface area contributed by atoms with Crippen LogP contribution in [0.15, 0.2) is 72.3 Å². The number of esters is 1. The average molecular weight is 477 g/mol. The second kappa shape index (κ2) is 11.5. The quantitative estimate of drug-likeness (QED) is 0.270. The van der Waals surface area contributed by atoms with Crippen LogP contribution < -0.4 is 14.8 Å². The van der Waals surface area contributed by atoms with Crippen LogP contribution in [-0.2, 0) is 16.1 Å². The summed E-state index contributed by atoms with van der Waals surface area (Å²) in [4.78, 5) is 24.7. The number of carbonyl (C=O) groups excluding carboxylic acids is 2. The molecule has 0 aliphatic heterocycles. The third kappa shape index (κ3) is 5.94. The maximum Gasteiger partial charge on any atom is 0.339 e. The molecule has 0 heterocycles. The summed E-state index contributed by atoms with van der Waals surface area (Å²) < 4.78 is 16.0. The summed E-state index contributed by atoms with van der Waals surface area (Å²) in [6.45, 7) is 0.207. The van der Waals surface area contributed by atoms with E-state index in [-0.39, 0.29) is 23.4 Å². The first kappa shape index (κ1) is 24.4. The fraction of sp³-hybridized carbons (Fsp3) is 0.115. The molecule has 0 aliphatic carbocycles. The summed E-state index contributed by atoms with van der Waals surface area (Å²) in [5.74, 6) is -0.369. The van der Waals surface area contributed by atoms with Crippen LogP contribution in [0.25, 0.3) is 6.08 Å². The summed E-state index contributed by atoms with van der Waals surface area (Å²) in [6.07, 6.45) is 1.41. The highest BCUT2D eigenvalue weighted by Gasteiger charge is 2.16. The van der Waals surface area contributed by atoms with Gasteiger partial charge in [-0.15, -0.1) is 0 Å². The maximum atomic E-state index is 12.7. The third-order valence-electron chi connectivity index (χ3n) is 4.79. The lowest BCUT2D eigenvalue weighted by Crippen LogP contribution is -2.16. The zero-order valence-corrected chi connectivity index (χ0v) is 19.3. The van der Waals surface area contributed by atoms with Crippen molar-refractivity contribution in [1.29, 1.82) is 5.26 Å². The Hall–Kier alpha value is -4.28. The van der Waals surface area contributed by atoms with E-state index in [1.165, 1.54) is 26.4 Å². The number of nitrogens with zero attached hydrogens (tertiary/aromatic N) is 1. The molecular formula is C26H21ClN2O5. The van der Waals surface area contributed by atoms with Gasteiger partial charge in [-0.05, 0) is 42.0 Å². The number of ether oxygens (including phenoxy) is 3. The molecule has 3 rings (SSSR count). The van der Waals surface area contributed by atoms with E-state index in [1.807, 2.05) is 24.3 Å². The molecule has 0 fully saturated rings. The molecule has 0 saturated heterocycles. The van der Waals surface area contributed by atoms with Crippen molar-refractivity contribution >= 4 is 35.2 Å². The highest BCUT2D eigenvalue weighted by atomic mass is 35.5. The Kier molecular flexibility index (Phi) is 8.27. The lowest BCUT2D eigenvalue weighted by atomic mass is 10.1. The van der Waals surface area contributed by atoms with Crippen LogP contribution in [0.3, 0.4) is 0 Å². The minimum atomic E-state index is -0.673. The van der Waals surface area contributed by atoms with Gasteiger partial charge in [-0.25, -0.2) is 4.79 Å². The Bertz CT molecular complexity index is 1280. The maximum absolute atomic E-state index is 12.7. The van der Waals surface area contributed by atoms with Crippen molar-refractivity contribution < 1.29 is 23.8 Å². The molecule has 0 bridgehead atoms. The molecule has 0 aliphatic rings. The predicted molar refractivity (Wildman–Crippen MR) is 129 cm³/mol. The number of para-hydroxylation sites is 1. The van der Waals surface area contributed by atoms with Crippen molar-refractivity contribution in [3.05, 3.63) is 94.0 Å². The number of hydrogen-bond donors (Lipinski definition) is 1. The molecule has 1 N–H and O–H groups in total. The van der Waals surface area contributed by atoms with Gasteiger partial charge in [-0.2, -0.15) is 5.26 Å². The van der Waals surface area contributed by atoms with Crippen molar-refractivity contribution in [2.75, 3.05) is 19.5 Å². The van der Waals surface area contributed by atoms with Crippen molar-refractivity contribution in [1.82, 2.24) is 0 Å². The summed E-state index contributed by atoms with van der Waals surface area (Å²) in [6, 6.07) is 20.6. The molecule has 0 radical (unpaired) electrons. The summed E-state index contributed by atoms with van der Waals surface area (Å²) in [5, 5.41) is 12.7. The topological polar surface area (TPSA) is 97.7 Å². The average Bonchev–Trinajstić information content (AvgIpc) is 2.86. The van der Waals surface area contributed by atoms with E-state index < -0.39 is 11.9 Å². The van der Waals surface area contributed by atoms with Gasteiger partial charge in [-0.1, -0.05) is 48.0 Å². The highest BCUT2D eigenvalue weighted by Crippen LogP contribution is 2.30. The number of halogens is 1. The first-order chi connectivity index (χ1) is 16.5. The van der Waals surface area contributed by atoms with Gasteiger partial charge in [0.15, 0.2) is 11.5 Å². The molecule has 1 amide bonds. The number of rotatable bonds is 8. The van der Waals surface area contributed by atoms with E-state index in [0.29, 0.717) is 22.1 Å². The van der Waals surface area contributed by atoms with Crippen molar-refractivity contribution in [3.8, 4) is 17.6 Å². The molecule has 0 atom stereocenters. The van der Waals surface area contributed by atoms with E-state index in [9.17, 15) is 14.9 Å². The van der Waals surface area contributed by atoms with Gasteiger partial charge in [0.1, 0.15) is 18.2 Å². The predicted octanol–water partition coefficient (Wildman–Crippen LogP) is 5.26. The summed E-state index contributed by atoms with van der Waals surface area (Å²) >= 11 is 6.19. The number of methoxy groups -OCH3 is 2. The Labute approximate surface area is 202 Å². The van der Waals surface area contributed by atoms with Crippen LogP contribution in [-0.4, -0.2) is 26.1 Å². The number of nitrogens with one attached hydrogen (secondary N) is 1. The van der Waals surface area contributed by atoms with Crippen molar-refractivity contribution in [2.45, 2.75) is 6.61 Å². The molecule has 0 aromatic heterocycles. The number of anilines is 1. The van der Waals surface area contributed by atoms with Gasteiger partial charge in [-0.3, -0.25) is 4.79 Å². The molecule has 3 aromatic carbocycles.